The molecule has 0 fully saturated rings. The molecule has 25 heavy (non-hydrogen) atoms. The van der Waals surface area contributed by atoms with Crippen LogP contribution in [0.4, 0.5) is 5.82 Å². The SMILES string of the molecule is CCc1cc2c(NCCC(=O)NCCc3ccccc3)ncnc2s1. The first-order valence-electron chi connectivity index (χ1n) is 8.54. The van der Waals surface area contributed by atoms with Gasteiger partial charge < -0.3 is 10.6 Å². The molecule has 1 amide bonds. The van der Waals surface area contributed by atoms with Gasteiger partial charge >= 0.3 is 0 Å². The van der Waals surface area contributed by atoms with Crippen LogP contribution in [-0.4, -0.2) is 29.0 Å². The summed E-state index contributed by atoms with van der Waals surface area (Å²) in [6.45, 7) is 3.34. The van der Waals surface area contributed by atoms with Crippen LogP contribution in [0.25, 0.3) is 10.2 Å². The van der Waals surface area contributed by atoms with Crippen molar-refractivity contribution in [3.8, 4) is 0 Å². The smallest absolute Gasteiger partial charge is 0.221 e. The van der Waals surface area contributed by atoms with Crippen LogP contribution < -0.4 is 10.6 Å². The number of aryl methyl sites for hydroxylation is 1. The number of nitrogens with one attached hydrogen (secondary N) is 2. The molecule has 3 rings (SSSR count). The first kappa shape index (κ1) is 17.4. The van der Waals surface area contributed by atoms with E-state index >= 15 is 0 Å². The second kappa shape index (κ2) is 8.58. The molecule has 2 N–H and O–H groups in total. The molecule has 0 aliphatic carbocycles. The van der Waals surface area contributed by atoms with E-state index in [-0.39, 0.29) is 5.91 Å². The first-order valence-corrected chi connectivity index (χ1v) is 9.36. The average molecular weight is 354 g/mol. The van der Waals surface area contributed by atoms with Crippen molar-refractivity contribution in [3.63, 3.8) is 0 Å². The summed E-state index contributed by atoms with van der Waals surface area (Å²) in [5, 5.41) is 7.25. The van der Waals surface area contributed by atoms with Crippen molar-refractivity contribution >= 4 is 33.3 Å². The highest BCUT2D eigenvalue weighted by Crippen LogP contribution is 2.28. The van der Waals surface area contributed by atoms with Gasteiger partial charge in [0.1, 0.15) is 17.0 Å². The maximum absolute atomic E-state index is 12.0. The summed E-state index contributed by atoms with van der Waals surface area (Å²) in [5.41, 5.74) is 1.23. The van der Waals surface area contributed by atoms with E-state index in [1.165, 1.54) is 10.4 Å². The van der Waals surface area contributed by atoms with Crippen LogP contribution in [0.2, 0.25) is 0 Å². The minimum absolute atomic E-state index is 0.0493. The molecule has 2 heterocycles. The van der Waals surface area contributed by atoms with E-state index in [2.05, 4.69) is 45.7 Å². The number of fused-ring (bicyclic) bond motifs is 1. The van der Waals surface area contributed by atoms with Gasteiger partial charge in [-0.15, -0.1) is 11.3 Å². The van der Waals surface area contributed by atoms with Crippen molar-refractivity contribution in [2.24, 2.45) is 0 Å². The van der Waals surface area contributed by atoms with Crippen molar-refractivity contribution in [1.82, 2.24) is 15.3 Å². The zero-order chi connectivity index (χ0) is 17.5. The maximum atomic E-state index is 12.0. The van der Waals surface area contributed by atoms with Gasteiger partial charge in [-0.2, -0.15) is 0 Å². The predicted octanol–water partition coefficient (Wildman–Crippen LogP) is 3.41. The minimum Gasteiger partial charge on any atom is -0.369 e. The molecule has 2 aromatic heterocycles. The summed E-state index contributed by atoms with van der Waals surface area (Å²) in [6.07, 6.45) is 3.83. The number of carbonyl (C=O) groups excluding carboxylic acids is 1. The Morgan fingerprint density at radius 2 is 2.00 bits per heavy atom. The van der Waals surface area contributed by atoms with Gasteiger partial charge in [0.25, 0.3) is 0 Å². The number of anilines is 1. The molecule has 0 bridgehead atoms. The van der Waals surface area contributed by atoms with E-state index in [0.29, 0.717) is 19.5 Å². The number of hydrogen-bond donors (Lipinski definition) is 2. The molecule has 0 atom stereocenters. The van der Waals surface area contributed by atoms with Crippen molar-refractivity contribution in [3.05, 3.63) is 53.2 Å². The topological polar surface area (TPSA) is 66.9 Å². The number of aromatic nitrogens is 2. The molecule has 5 nitrogen and oxygen atoms in total. The van der Waals surface area contributed by atoms with Gasteiger partial charge in [-0.05, 0) is 24.5 Å². The number of benzene rings is 1. The van der Waals surface area contributed by atoms with Crippen LogP contribution in [0.3, 0.4) is 0 Å². The highest BCUT2D eigenvalue weighted by Gasteiger charge is 2.08. The van der Waals surface area contributed by atoms with Crippen molar-refractivity contribution in [2.45, 2.75) is 26.2 Å². The third kappa shape index (κ3) is 4.76. The Bertz CT molecular complexity index is 832. The highest BCUT2D eigenvalue weighted by atomic mass is 32.1. The number of nitrogens with zero attached hydrogens (tertiary/aromatic N) is 2. The Balaban J connectivity index is 1.45. The van der Waals surface area contributed by atoms with Crippen LogP contribution in [0.15, 0.2) is 42.7 Å². The second-order valence-corrected chi connectivity index (χ2v) is 6.88. The van der Waals surface area contributed by atoms with Crippen LogP contribution in [0, 0.1) is 0 Å². The number of carbonyl (C=O) groups is 1. The lowest BCUT2D eigenvalue weighted by molar-refractivity contribution is -0.120. The maximum Gasteiger partial charge on any atom is 0.221 e. The molecule has 0 saturated carbocycles. The zero-order valence-electron chi connectivity index (χ0n) is 14.3. The van der Waals surface area contributed by atoms with Gasteiger partial charge in [0, 0.05) is 24.4 Å². The van der Waals surface area contributed by atoms with E-state index in [1.807, 2.05) is 18.2 Å². The van der Waals surface area contributed by atoms with Gasteiger partial charge in [0.15, 0.2) is 0 Å². The number of hydrogen-bond acceptors (Lipinski definition) is 5. The molecule has 6 heteroatoms. The fourth-order valence-electron chi connectivity index (χ4n) is 2.59. The Morgan fingerprint density at radius 1 is 1.16 bits per heavy atom. The van der Waals surface area contributed by atoms with E-state index in [1.54, 1.807) is 17.7 Å². The normalized spacial score (nSPS) is 10.8. The quantitative estimate of drug-likeness (QED) is 0.650. The average Bonchev–Trinajstić information content (AvgIpc) is 3.07. The number of thiophene rings is 1. The Hall–Kier alpha value is -2.47. The van der Waals surface area contributed by atoms with Crippen molar-refractivity contribution in [2.75, 3.05) is 18.4 Å². The fourth-order valence-corrected chi connectivity index (χ4v) is 3.53. The lowest BCUT2D eigenvalue weighted by Gasteiger charge is -2.07. The van der Waals surface area contributed by atoms with Gasteiger partial charge in [-0.3, -0.25) is 4.79 Å². The third-order valence-electron chi connectivity index (χ3n) is 3.95. The summed E-state index contributed by atoms with van der Waals surface area (Å²) < 4.78 is 0. The number of rotatable bonds is 8. The van der Waals surface area contributed by atoms with Crippen LogP contribution in [0.5, 0.6) is 0 Å². The van der Waals surface area contributed by atoms with E-state index in [9.17, 15) is 4.79 Å². The Kier molecular flexibility index (Phi) is 5.95. The van der Waals surface area contributed by atoms with E-state index in [0.717, 1.165) is 28.9 Å². The van der Waals surface area contributed by atoms with Gasteiger partial charge in [-0.1, -0.05) is 37.3 Å². The highest BCUT2D eigenvalue weighted by molar-refractivity contribution is 7.18. The monoisotopic (exact) mass is 354 g/mol. The Morgan fingerprint density at radius 3 is 2.80 bits per heavy atom. The van der Waals surface area contributed by atoms with Crippen LogP contribution in [0.1, 0.15) is 23.8 Å². The molecule has 0 spiro atoms. The lowest BCUT2D eigenvalue weighted by atomic mass is 10.1. The third-order valence-corrected chi connectivity index (χ3v) is 5.14. The summed E-state index contributed by atoms with van der Waals surface area (Å²) >= 11 is 1.69. The summed E-state index contributed by atoms with van der Waals surface area (Å²) in [5.74, 6) is 0.853. The molecule has 0 unspecified atom stereocenters. The summed E-state index contributed by atoms with van der Waals surface area (Å²) in [7, 11) is 0. The van der Waals surface area contributed by atoms with Gasteiger partial charge in [-0.25, -0.2) is 9.97 Å². The van der Waals surface area contributed by atoms with Crippen LogP contribution in [-0.2, 0) is 17.6 Å². The minimum atomic E-state index is 0.0493. The standard InChI is InChI=1S/C19H22N4OS/c1-2-15-12-16-18(22-13-23-19(16)25-15)21-11-9-17(24)20-10-8-14-6-4-3-5-7-14/h3-7,12-13H,2,8-11H2,1H3,(H,20,24)(H,21,22,23). The summed E-state index contributed by atoms with van der Waals surface area (Å²) in [6, 6.07) is 12.3. The molecule has 1 aromatic carbocycles. The van der Waals surface area contributed by atoms with Crippen molar-refractivity contribution < 1.29 is 4.79 Å². The zero-order valence-corrected chi connectivity index (χ0v) is 15.1. The summed E-state index contributed by atoms with van der Waals surface area (Å²) in [4.78, 5) is 22.8. The van der Waals surface area contributed by atoms with Crippen LogP contribution >= 0.6 is 11.3 Å². The first-order chi connectivity index (χ1) is 12.3. The molecule has 0 aliphatic rings. The second-order valence-electron chi connectivity index (χ2n) is 5.77. The lowest BCUT2D eigenvalue weighted by Crippen LogP contribution is -2.27. The molecule has 3 aromatic rings. The molecular formula is C19H22N4OS. The predicted molar refractivity (Wildman–Crippen MR) is 103 cm³/mol. The van der Waals surface area contributed by atoms with Gasteiger partial charge in [0.2, 0.25) is 5.91 Å². The van der Waals surface area contributed by atoms with E-state index in [4.69, 9.17) is 0 Å². The largest absolute Gasteiger partial charge is 0.369 e. The van der Waals surface area contributed by atoms with E-state index < -0.39 is 0 Å². The fraction of sp³-hybridized carbons (Fsp3) is 0.316. The molecule has 0 radical (unpaired) electrons. The number of amides is 1. The van der Waals surface area contributed by atoms with Crippen molar-refractivity contribution in [1.29, 1.82) is 0 Å². The molecule has 0 saturated heterocycles. The molecule has 130 valence electrons. The molecule has 0 aliphatic heterocycles. The molecular weight excluding hydrogens is 332 g/mol. The van der Waals surface area contributed by atoms with Gasteiger partial charge in [0.05, 0.1) is 5.39 Å². The Labute approximate surface area is 151 Å².